The molecule has 0 atom stereocenters. The topological polar surface area (TPSA) is 64.1 Å². The lowest BCUT2D eigenvalue weighted by molar-refractivity contribution is -0.113. The zero-order valence-corrected chi connectivity index (χ0v) is 18.3. The van der Waals surface area contributed by atoms with Crippen molar-refractivity contribution in [2.75, 3.05) is 17.7 Å². The number of amides is 1. The van der Waals surface area contributed by atoms with E-state index < -0.39 is 0 Å². The molecule has 1 N–H and O–H groups in total. The summed E-state index contributed by atoms with van der Waals surface area (Å²) in [5.41, 5.74) is 3.02. The second kappa shape index (κ2) is 9.28. The van der Waals surface area contributed by atoms with E-state index in [0.29, 0.717) is 6.61 Å². The summed E-state index contributed by atoms with van der Waals surface area (Å²) in [4.78, 5) is 23.5. The molecule has 0 fully saturated rings. The molecule has 0 saturated carbocycles. The number of carbonyl (C=O) groups excluding carboxylic acids is 1. The Hall–Kier alpha value is -2.90. The fourth-order valence-electron chi connectivity index (χ4n) is 3.21. The molecular formula is C23H21N3O2S2. The number of aryl methyl sites for hydroxylation is 1. The maximum absolute atomic E-state index is 12.5. The predicted octanol–water partition coefficient (Wildman–Crippen LogP) is 5.80. The maximum atomic E-state index is 12.5. The number of fused-ring (bicyclic) bond motifs is 1. The molecule has 0 aliphatic carbocycles. The minimum absolute atomic E-state index is 0.0795. The number of hydrogen-bond acceptors (Lipinski definition) is 6. The van der Waals surface area contributed by atoms with Gasteiger partial charge in [0.05, 0.1) is 17.7 Å². The van der Waals surface area contributed by atoms with Gasteiger partial charge in [0.2, 0.25) is 5.91 Å². The van der Waals surface area contributed by atoms with E-state index in [1.165, 1.54) is 16.6 Å². The normalized spacial score (nSPS) is 10.9. The fourth-order valence-corrected chi connectivity index (χ4v) is 5.09. The number of thiophene rings is 1. The van der Waals surface area contributed by atoms with E-state index in [1.807, 2.05) is 49.4 Å². The minimum atomic E-state index is -0.0795. The van der Waals surface area contributed by atoms with Crippen LogP contribution in [0.5, 0.6) is 5.75 Å². The van der Waals surface area contributed by atoms with Crippen molar-refractivity contribution in [3.63, 3.8) is 0 Å². The Kier molecular flexibility index (Phi) is 6.30. The zero-order valence-electron chi connectivity index (χ0n) is 16.7. The van der Waals surface area contributed by atoms with Crippen molar-refractivity contribution in [3.05, 3.63) is 65.8 Å². The summed E-state index contributed by atoms with van der Waals surface area (Å²) in [5, 5.41) is 4.77. The van der Waals surface area contributed by atoms with E-state index in [-0.39, 0.29) is 11.7 Å². The molecule has 0 bridgehead atoms. The Morgan fingerprint density at radius 2 is 1.87 bits per heavy atom. The molecule has 2 aromatic carbocycles. The Morgan fingerprint density at radius 3 is 2.60 bits per heavy atom. The molecule has 152 valence electrons. The first-order valence-electron chi connectivity index (χ1n) is 9.60. The van der Waals surface area contributed by atoms with Crippen molar-refractivity contribution in [3.8, 4) is 16.9 Å². The summed E-state index contributed by atoms with van der Waals surface area (Å²) in [6.07, 6.45) is 1.57. The Balaban J connectivity index is 1.52. The second-order valence-electron chi connectivity index (χ2n) is 6.55. The van der Waals surface area contributed by atoms with Gasteiger partial charge >= 0.3 is 0 Å². The number of hydrogen-bond donors (Lipinski definition) is 1. The first-order chi connectivity index (χ1) is 14.7. The number of ether oxygens (including phenoxy) is 1. The van der Waals surface area contributed by atoms with Crippen LogP contribution in [0.4, 0.5) is 5.69 Å². The zero-order chi connectivity index (χ0) is 20.9. The summed E-state index contributed by atoms with van der Waals surface area (Å²) in [5.74, 6) is 0.973. The molecule has 0 spiro atoms. The number of thioether (sulfide) groups is 1. The third-order valence-electron chi connectivity index (χ3n) is 4.48. The smallest absolute Gasteiger partial charge is 0.234 e. The van der Waals surface area contributed by atoms with E-state index in [1.54, 1.807) is 17.7 Å². The van der Waals surface area contributed by atoms with Gasteiger partial charge in [-0.2, -0.15) is 0 Å². The molecule has 7 heteroatoms. The molecule has 0 aliphatic heterocycles. The molecular weight excluding hydrogens is 414 g/mol. The van der Waals surface area contributed by atoms with Crippen LogP contribution in [-0.4, -0.2) is 28.2 Å². The fraction of sp³-hybridized carbons (Fsp3) is 0.174. The Bertz CT molecular complexity index is 1160. The predicted molar refractivity (Wildman–Crippen MR) is 125 cm³/mol. The lowest BCUT2D eigenvalue weighted by Crippen LogP contribution is -2.14. The Labute approximate surface area is 183 Å². The summed E-state index contributed by atoms with van der Waals surface area (Å²) < 4.78 is 5.43. The molecule has 2 heterocycles. The van der Waals surface area contributed by atoms with Crippen molar-refractivity contribution in [1.29, 1.82) is 0 Å². The van der Waals surface area contributed by atoms with Crippen molar-refractivity contribution in [2.45, 2.75) is 18.9 Å². The third kappa shape index (κ3) is 4.47. The number of nitrogens with zero attached hydrogens (tertiary/aromatic N) is 2. The van der Waals surface area contributed by atoms with Gasteiger partial charge in [-0.25, -0.2) is 9.97 Å². The van der Waals surface area contributed by atoms with Crippen LogP contribution in [0.25, 0.3) is 21.3 Å². The quantitative estimate of drug-likeness (QED) is 0.294. The van der Waals surface area contributed by atoms with Crippen LogP contribution in [-0.2, 0) is 4.79 Å². The van der Waals surface area contributed by atoms with Crippen molar-refractivity contribution in [1.82, 2.24) is 9.97 Å². The van der Waals surface area contributed by atoms with Crippen LogP contribution >= 0.6 is 23.1 Å². The van der Waals surface area contributed by atoms with Crippen molar-refractivity contribution in [2.24, 2.45) is 0 Å². The molecule has 2 aromatic heterocycles. The lowest BCUT2D eigenvalue weighted by Gasteiger charge is -2.08. The van der Waals surface area contributed by atoms with E-state index in [0.717, 1.165) is 37.8 Å². The highest BCUT2D eigenvalue weighted by Crippen LogP contribution is 2.41. The largest absolute Gasteiger partial charge is 0.494 e. The van der Waals surface area contributed by atoms with Crippen molar-refractivity contribution >= 4 is 44.9 Å². The number of carbonyl (C=O) groups is 1. The third-order valence-corrected chi connectivity index (χ3v) is 6.48. The van der Waals surface area contributed by atoms with Crippen LogP contribution in [0.15, 0.2) is 66.0 Å². The van der Waals surface area contributed by atoms with E-state index in [4.69, 9.17) is 4.74 Å². The number of benzene rings is 2. The number of nitrogens with one attached hydrogen (secondary N) is 1. The molecule has 30 heavy (non-hydrogen) atoms. The molecule has 4 rings (SSSR count). The standard InChI is InChI=1S/C23H21N3O2S2/c1-3-28-18-11-9-17(10-12-18)26-19(27)13-29-22-21-20(16-7-5-4-6-8-16)15(2)30-23(21)25-14-24-22/h4-12,14H,3,13H2,1-2H3,(H,26,27). The van der Waals surface area contributed by atoms with Gasteiger partial charge in [0.15, 0.2) is 0 Å². The molecule has 1 amide bonds. The summed E-state index contributed by atoms with van der Waals surface area (Å²) in [6.45, 7) is 4.65. The monoisotopic (exact) mass is 435 g/mol. The molecule has 0 saturated heterocycles. The molecule has 0 radical (unpaired) electrons. The van der Waals surface area contributed by atoms with E-state index in [2.05, 4.69) is 34.3 Å². The lowest BCUT2D eigenvalue weighted by atomic mass is 10.0. The number of anilines is 1. The van der Waals surface area contributed by atoms with Gasteiger partial charge in [-0.3, -0.25) is 4.79 Å². The van der Waals surface area contributed by atoms with Gasteiger partial charge < -0.3 is 10.1 Å². The molecule has 0 unspecified atom stereocenters. The summed E-state index contributed by atoms with van der Waals surface area (Å²) >= 11 is 3.08. The molecule has 4 aromatic rings. The van der Waals surface area contributed by atoms with Crippen LogP contribution in [0.1, 0.15) is 11.8 Å². The molecule has 0 aliphatic rings. The maximum Gasteiger partial charge on any atom is 0.234 e. The van der Waals surface area contributed by atoms with Crippen LogP contribution in [0.2, 0.25) is 0 Å². The number of aromatic nitrogens is 2. The Morgan fingerprint density at radius 1 is 1.10 bits per heavy atom. The van der Waals surface area contributed by atoms with E-state index in [9.17, 15) is 4.79 Å². The van der Waals surface area contributed by atoms with Gasteiger partial charge in [0.1, 0.15) is 21.9 Å². The average Bonchev–Trinajstić information content (AvgIpc) is 3.11. The van der Waals surface area contributed by atoms with Crippen LogP contribution < -0.4 is 10.1 Å². The summed E-state index contributed by atoms with van der Waals surface area (Å²) in [7, 11) is 0. The SMILES string of the molecule is CCOc1ccc(NC(=O)CSc2ncnc3sc(C)c(-c4ccccc4)c23)cc1. The average molecular weight is 436 g/mol. The van der Waals surface area contributed by atoms with Gasteiger partial charge in [0.25, 0.3) is 0 Å². The highest BCUT2D eigenvalue weighted by atomic mass is 32.2. The van der Waals surface area contributed by atoms with E-state index >= 15 is 0 Å². The van der Waals surface area contributed by atoms with Crippen LogP contribution in [0, 0.1) is 6.92 Å². The van der Waals surface area contributed by atoms with Crippen LogP contribution in [0.3, 0.4) is 0 Å². The van der Waals surface area contributed by atoms with Gasteiger partial charge in [-0.05, 0) is 43.7 Å². The first-order valence-corrected chi connectivity index (χ1v) is 11.4. The summed E-state index contributed by atoms with van der Waals surface area (Å²) in [6, 6.07) is 17.6. The highest BCUT2D eigenvalue weighted by Gasteiger charge is 2.17. The minimum Gasteiger partial charge on any atom is -0.494 e. The van der Waals surface area contributed by atoms with Gasteiger partial charge in [-0.15, -0.1) is 11.3 Å². The second-order valence-corrected chi connectivity index (χ2v) is 8.72. The van der Waals surface area contributed by atoms with Gasteiger partial charge in [0, 0.05) is 16.1 Å². The molecule has 5 nitrogen and oxygen atoms in total. The van der Waals surface area contributed by atoms with Gasteiger partial charge in [-0.1, -0.05) is 42.1 Å². The van der Waals surface area contributed by atoms with Crippen molar-refractivity contribution < 1.29 is 9.53 Å². The number of rotatable bonds is 7. The highest BCUT2D eigenvalue weighted by molar-refractivity contribution is 8.00. The first kappa shape index (κ1) is 20.4.